The molecule has 0 aliphatic carbocycles. The quantitative estimate of drug-likeness (QED) is 0.846. The van der Waals surface area contributed by atoms with Crippen LogP contribution in [0.1, 0.15) is 29.8 Å². The van der Waals surface area contributed by atoms with Gasteiger partial charge in [-0.1, -0.05) is 12.1 Å². The number of hydrogen-bond acceptors (Lipinski definition) is 2. The Morgan fingerprint density at radius 2 is 1.88 bits per heavy atom. The molecule has 92 valence electrons. The molecule has 0 unspecified atom stereocenters. The minimum atomic E-state index is -0.970. The Hall–Kier alpha value is -1.84. The average Bonchev–Trinajstić information content (AvgIpc) is 2.30. The van der Waals surface area contributed by atoms with Gasteiger partial charge in [-0.15, -0.1) is 0 Å². The molecule has 4 heteroatoms. The van der Waals surface area contributed by atoms with Crippen molar-refractivity contribution in [3.8, 4) is 0 Å². The molecule has 1 aromatic rings. The molecule has 0 saturated heterocycles. The largest absolute Gasteiger partial charge is 0.478 e. The van der Waals surface area contributed by atoms with E-state index in [4.69, 9.17) is 5.11 Å². The zero-order valence-corrected chi connectivity index (χ0v) is 10.1. The Bertz CT molecular complexity index is 411. The van der Waals surface area contributed by atoms with E-state index in [2.05, 4.69) is 0 Å². The third kappa shape index (κ3) is 3.59. The molecule has 0 aliphatic heterocycles. The van der Waals surface area contributed by atoms with Crippen LogP contribution in [0.4, 0.5) is 0 Å². The van der Waals surface area contributed by atoms with Gasteiger partial charge in [-0.3, -0.25) is 4.79 Å². The molecular weight excluding hydrogens is 218 g/mol. The standard InChI is InChI=1S/C13H17NO3/c1-3-14(4-2)12(15)9-10-6-5-7-11(8-10)13(16)17/h5-8H,3-4,9H2,1-2H3,(H,16,17). The summed E-state index contributed by atoms with van der Waals surface area (Å²) in [6.07, 6.45) is 0.253. The van der Waals surface area contributed by atoms with Gasteiger partial charge in [0.05, 0.1) is 12.0 Å². The van der Waals surface area contributed by atoms with E-state index < -0.39 is 5.97 Å². The summed E-state index contributed by atoms with van der Waals surface area (Å²) in [5.74, 6) is -0.945. The first kappa shape index (κ1) is 13.2. The summed E-state index contributed by atoms with van der Waals surface area (Å²) < 4.78 is 0. The number of carbonyl (C=O) groups is 2. The van der Waals surface area contributed by atoms with Crippen molar-refractivity contribution in [2.75, 3.05) is 13.1 Å². The van der Waals surface area contributed by atoms with Crippen LogP contribution < -0.4 is 0 Å². The fourth-order valence-electron chi connectivity index (χ4n) is 1.68. The molecule has 0 aliphatic rings. The smallest absolute Gasteiger partial charge is 0.335 e. The molecule has 0 bridgehead atoms. The van der Waals surface area contributed by atoms with Gasteiger partial charge in [0, 0.05) is 13.1 Å². The maximum atomic E-state index is 11.8. The molecule has 1 rings (SSSR count). The van der Waals surface area contributed by atoms with Crippen LogP contribution in [0.25, 0.3) is 0 Å². The summed E-state index contributed by atoms with van der Waals surface area (Å²) in [7, 11) is 0. The van der Waals surface area contributed by atoms with Crippen molar-refractivity contribution in [3.63, 3.8) is 0 Å². The molecular formula is C13H17NO3. The van der Waals surface area contributed by atoms with Crippen LogP contribution in [0.15, 0.2) is 24.3 Å². The van der Waals surface area contributed by atoms with E-state index in [1.165, 1.54) is 6.07 Å². The topological polar surface area (TPSA) is 57.6 Å². The van der Waals surface area contributed by atoms with Crippen molar-refractivity contribution in [2.45, 2.75) is 20.3 Å². The first-order chi connectivity index (χ1) is 8.08. The van der Waals surface area contributed by atoms with Crippen LogP contribution in [-0.2, 0) is 11.2 Å². The number of carboxylic acids is 1. The van der Waals surface area contributed by atoms with Crippen LogP contribution >= 0.6 is 0 Å². The Kier molecular flexibility index (Phi) is 4.69. The lowest BCUT2D eigenvalue weighted by Crippen LogP contribution is -2.31. The number of amides is 1. The first-order valence-electron chi connectivity index (χ1n) is 5.68. The molecule has 1 N–H and O–H groups in total. The molecule has 1 aromatic carbocycles. The van der Waals surface area contributed by atoms with E-state index in [-0.39, 0.29) is 17.9 Å². The minimum Gasteiger partial charge on any atom is -0.478 e. The van der Waals surface area contributed by atoms with Gasteiger partial charge >= 0.3 is 5.97 Å². The Labute approximate surface area is 101 Å². The molecule has 0 heterocycles. The lowest BCUT2D eigenvalue weighted by atomic mass is 10.1. The van der Waals surface area contributed by atoms with E-state index in [9.17, 15) is 9.59 Å². The third-order valence-electron chi connectivity index (χ3n) is 2.65. The maximum Gasteiger partial charge on any atom is 0.335 e. The number of nitrogens with zero attached hydrogens (tertiary/aromatic N) is 1. The van der Waals surface area contributed by atoms with Gasteiger partial charge in [0.1, 0.15) is 0 Å². The summed E-state index contributed by atoms with van der Waals surface area (Å²) in [5, 5.41) is 8.85. The number of carbonyl (C=O) groups excluding carboxylic acids is 1. The zero-order chi connectivity index (χ0) is 12.8. The number of hydrogen-bond donors (Lipinski definition) is 1. The summed E-state index contributed by atoms with van der Waals surface area (Å²) in [4.78, 5) is 24.4. The van der Waals surface area contributed by atoms with Crippen LogP contribution in [0.2, 0.25) is 0 Å². The van der Waals surface area contributed by atoms with E-state index in [1.54, 1.807) is 23.1 Å². The molecule has 1 amide bonds. The van der Waals surface area contributed by atoms with Crippen molar-refractivity contribution in [1.82, 2.24) is 4.90 Å². The number of benzene rings is 1. The zero-order valence-electron chi connectivity index (χ0n) is 10.1. The average molecular weight is 235 g/mol. The highest BCUT2D eigenvalue weighted by Gasteiger charge is 2.11. The van der Waals surface area contributed by atoms with Crippen LogP contribution in [-0.4, -0.2) is 35.0 Å². The van der Waals surface area contributed by atoms with Gasteiger partial charge in [-0.2, -0.15) is 0 Å². The third-order valence-corrected chi connectivity index (χ3v) is 2.65. The Morgan fingerprint density at radius 3 is 2.41 bits per heavy atom. The fourth-order valence-corrected chi connectivity index (χ4v) is 1.68. The van der Waals surface area contributed by atoms with Gasteiger partial charge in [-0.25, -0.2) is 4.79 Å². The van der Waals surface area contributed by atoms with Crippen molar-refractivity contribution in [3.05, 3.63) is 35.4 Å². The second-order valence-electron chi connectivity index (χ2n) is 3.75. The van der Waals surface area contributed by atoms with Crippen molar-refractivity contribution in [2.24, 2.45) is 0 Å². The van der Waals surface area contributed by atoms with E-state index in [1.807, 2.05) is 13.8 Å². The molecule has 0 spiro atoms. The van der Waals surface area contributed by atoms with Gasteiger partial charge in [0.15, 0.2) is 0 Å². The maximum absolute atomic E-state index is 11.8. The highest BCUT2D eigenvalue weighted by molar-refractivity contribution is 5.88. The van der Waals surface area contributed by atoms with E-state index in [0.717, 1.165) is 5.56 Å². The lowest BCUT2D eigenvalue weighted by Gasteiger charge is -2.18. The number of rotatable bonds is 5. The van der Waals surface area contributed by atoms with Gasteiger partial charge in [-0.05, 0) is 31.5 Å². The molecule has 17 heavy (non-hydrogen) atoms. The molecule has 0 saturated carbocycles. The van der Waals surface area contributed by atoms with Crippen molar-refractivity contribution in [1.29, 1.82) is 0 Å². The van der Waals surface area contributed by atoms with Crippen LogP contribution in [0, 0.1) is 0 Å². The summed E-state index contributed by atoms with van der Waals surface area (Å²) in [6.45, 7) is 5.20. The summed E-state index contributed by atoms with van der Waals surface area (Å²) >= 11 is 0. The van der Waals surface area contributed by atoms with Crippen molar-refractivity contribution < 1.29 is 14.7 Å². The number of likely N-dealkylation sites (N-methyl/N-ethyl adjacent to an activating group) is 1. The van der Waals surface area contributed by atoms with Crippen LogP contribution in [0.5, 0.6) is 0 Å². The predicted molar refractivity (Wildman–Crippen MR) is 65.0 cm³/mol. The minimum absolute atomic E-state index is 0.0255. The first-order valence-corrected chi connectivity index (χ1v) is 5.68. The fraction of sp³-hybridized carbons (Fsp3) is 0.385. The SMILES string of the molecule is CCN(CC)C(=O)Cc1cccc(C(=O)O)c1. The number of carboxylic acid groups (broad SMARTS) is 1. The van der Waals surface area contributed by atoms with Gasteiger partial charge < -0.3 is 10.0 Å². The molecule has 0 fully saturated rings. The summed E-state index contributed by atoms with van der Waals surface area (Å²) in [5.41, 5.74) is 0.955. The summed E-state index contributed by atoms with van der Waals surface area (Å²) in [6, 6.07) is 6.50. The highest BCUT2D eigenvalue weighted by Crippen LogP contribution is 2.07. The van der Waals surface area contributed by atoms with Gasteiger partial charge in [0.25, 0.3) is 0 Å². The second kappa shape index (κ2) is 6.03. The number of aromatic carboxylic acids is 1. The lowest BCUT2D eigenvalue weighted by molar-refractivity contribution is -0.130. The molecule has 0 aromatic heterocycles. The highest BCUT2D eigenvalue weighted by atomic mass is 16.4. The predicted octanol–water partition coefficient (Wildman–Crippen LogP) is 1.80. The van der Waals surface area contributed by atoms with E-state index in [0.29, 0.717) is 13.1 Å². The molecule has 0 atom stereocenters. The van der Waals surface area contributed by atoms with Crippen molar-refractivity contribution >= 4 is 11.9 Å². The Balaban J connectivity index is 2.78. The Morgan fingerprint density at radius 1 is 1.24 bits per heavy atom. The van der Waals surface area contributed by atoms with E-state index >= 15 is 0 Å². The molecule has 4 nitrogen and oxygen atoms in total. The second-order valence-corrected chi connectivity index (χ2v) is 3.75. The monoisotopic (exact) mass is 235 g/mol. The molecule has 0 radical (unpaired) electrons. The normalized spacial score (nSPS) is 10.0. The van der Waals surface area contributed by atoms with Crippen LogP contribution in [0.3, 0.4) is 0 Å². The van der Waals surface area contributed by atoms with Gasteiger partial charge in [0.2, 0.25) is 5.91 Å².